The lowest BCUT2D eigenvalue weighted by Gasteiger charge is -2.09. The third kappa shape index (κ3) is 3.66. The minimum atomic E-state index is -0.269. The van der Waals surface area contributed by atoms with Gasteiger partial charge in [0.1, 0.15) is 0 Å². The van der Waals surface area contributed by atoms with Crippen molar-refractivity contribution in [3.05, 3.63) is 35.4 Å². The third-order valence-electron chi connectivity index (χ3n) is 2.46. The molecular weight excluding hydrogens is 202 g/mol. The summed E-state index contributed by atoms with van der Waals surface area (Å²) in [5.41, 5.74) is 7.56. The number of rotatable bonds is 5. The number of nitrogens with two attached hydrogens (primary N) is 1. The lowest BCUT2D eigenvalue weighted by molar-refractivity contribution is 0.0526. The molecule has 3 heteroatoms. The van der Waals surface area contributed by atoms with Crippen LogP contribution in [0.15, 0.2) is 24.3 Å². The monoisotopic (exact) mass is 221 g/mol. The highest BCUT2D eigenvalue weighted by Gasteiger charge is 2.08. The molecule has 1 atom stereocenters. The van der Waals surface area contributed by atoms with Crippen LogP contribution in [-0.2, 0) is 11.2 Å². The maximum Gasteiger partial charge on any atom is 0.338 e. The van der Waals surface area contributed by atoms with Crippen molar-refractivity contribution in [2.45, 2.75) is 32.7 Å². The van der Waals surface area contributed by atoms with Gasteiger partial charge in [0.05, 0.1) is 12.2 Å². The molecule has 0 spiro atoms. The second-order valence-electron chi connectivity index (χ2n) is 3.79. The first-order valence-corrected chi connectivity index (χ1v) is 5.69. The van der Waals surface area contributed by atoms with Gasteiger partial charge in [-0.15, -0.1) is 0 Å². The fraction of sp³-hybridized carbons (Fsp3) is 0.462. The number of benzene rings is 1. The highest BCUT2D eigenvalue weighted by Crippen LogP contribution is 2.09. The predicted molar refractivity (Wildman–Crippen MR) is 64.4 cm³/mol. The summed E-state index contributed by atoms with van der Waals surface area (Å²) in [6.45, 7) is 4.26. The SMILES string of the molecule is CCOC(=O)c1cccc(CC(N)CC)c1. The predicted octanol–water partition coefficient (Wildman–Crippen LogP) is 2.14. The average molecular weight is 221 g/mol. The van der Waals surface area contributed by atoms with Crippen LogP contribution >= 0.6 is 0 Å². The molecule has 0 saturated heterocycles. The Balaban J connectivity index is 2.74. The first-order chi connectivity index (χ1) is 7.67. The Hall–Kier alpha value is -1.35. The third-order valence-corrected chi connectivity index (χ3v) is 2.46. The largest absolute Gasteiger partial charge is 0.462 e. The quantitative estimate of drug-likeness (QED) is 0.775. The average Bonchev–Trinajstić information content (AvgIpc) is 2.29. The Labute approximate surface area is 96.6 Å². The maximum absolute atomic E-state index is 11.5. The van der Waals surface area contributed by atoms with Crippen LogP contribution < -0.4 is 5.73 Å². The molecule has 0 radical (unpaired) electrons. The van der Waals surface area contributed by atoms with Crippen molar-refractivity contribution in [1.29, 1.82) is 0 Å². The fourth-order valence-corrected chi connectivity index (χ4v) is 1.49. The van der Waals surface area contributed by atoms with Gasteiger partial charge < -0.3 is 10.5 Å². The molecule has 16 heavy (non-hydrogen) atoms. The molecule has 0 aliphatic carbocycles. The van der Waals surface area contributed by atoms with Crippen molar-refractivity contribution >= 4 is 5.97 Å². The lowest BCUT2D eigenvalue weighted by Crippen LogP contribution is -2.21. The number of carbonyl (C=O) groups excluding carboxylic acids is 1. The van der Waals surface area contributed by atoms with Crippen molar-refractivity contribution in [2.75, 3.05) is 6.61 Å². The Bertz CT molecular complexity index is 350. The van der Waals surface area contributed by atoms with Crippen LogP contribution in [0.25, 0.3) is 0 Å². The maximum atomic E-state index is 11.5. The normalized spacial score (nSPS) is 12.2. The second kappa shape index (κ2) is 6.28. The van der Waals surface area contributed by atoms with E-state index < -0.39 is 0 Å². The molecule has 0 aliphatic heterocycles. The first kappa shape index (κ1) is 12.7. The first-order valence-electron chi connectivity index (χ1n) is 5.69. The van der Waals surface area contributed by atoms with Crippen LogP contribution in [0.3, 0.4) is 0 Å². The molecule has 88 valence electrons. The fourth-order valence-electron chi connectivity index (χ4n) is 1.49. The number of carbonyl (C=O) groups is 1. The minimum absolute atomic E-state index is 0.150. The smallest absolute Gasteiger partial charge is 0.338 e. The van der Waals surface area contributed by atoms with Gasteiger partial charge in [-0.2, -0.15) is 0 Å². The van der Waals surface area contributed by atoms with E-state index in [4.69, 9.17) is 10.5 Å². The molecule has 0 saturated carbocycles. The van der Waals surface area contributed by atoms with Gasteiger partial charge in [0.2, 0.25) is 0 Å². The van der Waals surface area contributed by atoms with E-state index in [1.807, 2.05) is 18.2 Å². The van der Waals surface area contributed by atoms with E-state index in [1.54, 1.807) is 13.0 Å². The Morgan fingerprint density at radius 1 is 1.44 bits per heavy atom. The van der Waals surface area contributed by atoms with Crippen molar-refractivity contribution in [3.63, 3.8) is 0 Å². The van der Waals surface area contributed by atoms with Gasteiger partial charge in [-0.05, 0) is 37.5 Å². The molecule has 0 aromatic heterocycles. The van der Waals surface area contributed by atoms with Crippen molar-refractivity contribution in [2.24, 2.45) is 5.73 Å². The van der Waals surface area contributed by atoms with E-state index in [0.717, 1.165) is 18.4 Å². The number of ether oxygens (including phenoxy) is 1. The van der Waals surface area contributed by atoms with Crippen LogP contribution in [0.5, 0.6) is 0 Å². The van der Waals surface area contributed by atoms with Gasteiger partial charge in [-0.1, -0.05) is 19.1 Å². The lowest BCUT2D eigenvalue weighted by atomic mass is 10.0. The molecule has 2 N–H and O–H groups in total. The summed E-state index contributed by atoms with van der Waals surface area (Å²) in [4.78, 5) is 11.5. The highest BCUT2D eigenvalue weighted by atomic mass is 16.5. The van der Waals surface area contributed by atoms with E-state index >= 15 is 0 Å². The van der Waals surface area contributed by atoms with Crippen LogP contribution in [0, 0.1) is 0 Å². The molecule has 1 rings (SSSR count). The number of hydrogen-bond donors (Lipinski definition) is 1. The molecule has 0 amide bonds. The van der Waals surface area contributed by atoms with Gasteiger partial charge in [-0.25, -0.2) is 4.79 Å². The summed E-state index contributed by atoms with van der Waals surface area (Å²) in [7, 11) is 0. The molecule has 0 bridgehead atoms. The standard InChI is InChI=1S/C13H19NO2/c1-3-12(14)9-10-6-5-7-11(8-10)13(15)16-4-2/h5-8,12H,3-4,9,14H2,1-2H3. The minimum Gasteiger partial charge on any atom is -0.462 e. The zero-order valence-corrected chi connectivity index (χ0v) is 9.90. The summed E-state index contributed by atoms with van der Waals surface area (Å²) in [5, 5.41) is 0. The number of esters is 1. The molecule has 0 fully saturated rings. The number of hydrogen-bond acceptors (Lipinski definition) is 3. The van der Waals surface area contributed by atoms with Crippen molar-refractivity contribution < 1.29 is 9.53 Å². The van der Waals surface area contributed by atoms with Crippen LogP contribution in [-0.4, -0.2) is 18.6 Å². The van der Waals surface area contributed by atoms with Crippen LogP contribution in [0.2, 0.25) is 0 Å². The Morgan fingerprint density at radius 2 is 2.19 bits per heavy atom. The Morgan fingerprint density at radius 3 is 2.81 bits per heavy atom. The van der Waals surface area contributed by atoms with Crippen molar-refractivity contribution in [3.8, 4) is 0 Å². The molecule has 1 unspecified atom stereocenters. The van der Waals surface area contributed by atoms with E-state index in [-0.39, 0.29) is 12.0 Å². The summed E-state index contributed by atoms with van der Waals surface area (Å²) < 4.78 is 4.94. The van der Waals surface area contributed by atoms with Gasteiger partial charge in [0.15, 0.2) is 0 Å². The van der Waals surface area contributed by atoms with E-state index in [1.165, 1.54) is 0 Å². The van der Waals surface area contributed by atoms with Crippen LogP contribution in [0.4, 0.5) is 0 Å². The molecule has 0 heterocycles. The van der Waals surface area contributed by atoms with E-state index in [0.29, 0.717) is 12.2 Å². The van der Waals surface area contributed by atoms with Gasteiger partial charge in [0, 0.05) is 6.04 Å². The second-order valence-corrected chi connectivity index (χ2v) is 3.79. The van der Waals surface area contributed by atoms with Gasteiger partial charge in [-0.3, -0.25) is 0 Å². The van der Waals surface area contributed by atoms with E-state index in [9.17, 15) is 4.79 Å². The molecule has 1 aromatic rings. The van der Waals surface area contributed by atoms with Crippen molar-refractivity contribution in [1.82, 2.24) is 0 Å². The molecular formula is C13H19NO2. The van der Waals surface area contributed by atoms with Gasteiger partial charge in [0.25, 0.3) is 0 Å². The molecule has 3 nitrogen and oxygen atoms in total. The summed E-state index contributed by atoms with van der Waals surface area (Å²) >= 11 is 0. The zero-order chi connectivity index (χ0) is 12.0. The van der Waals surface area contributed by atoms with Gasteiger partial charge >= 0.3 is 5.97 Å². The summed E-state index contributed by atoms with van der Waals surface area (Å²) in [6, 6.07) is 7.62. The molecule has 0 aliphatic rings. The highest BCUT2D eigenvalue weighted by molar-refractivity contribution is 5.89. The topological polar surface area (TPSA) is 52.3 Å². The Kier molecular flexibility index (Phi) is 4.99. The summed E-state index contributed by atoms with van der Waals surface area (Å²) in [5.74, 6) is -0.269. The van der Waals surface area contributed by atoms with Crippen LogP contribution in [0.1, 0.15) is 36.2 Å². The molecule has 1 aromatic carbocycles. The van der Waals surface area contributed by atoms with E-state index in [2.05, 4.69) is 6.92 Å². The summed E-state index contributed by atoms with van der Waals surface area (Å²) in [6.07, 6.45) is 1.73. The zero-order valence-electron chi connectivity index (χ0n) is 9.90.